The third-order valence-electron chi connectivity index (χ3n) is 3.94. The number of fused-ring (bicyclic) bond motifs is 2. The Morgan fingerprint density at radius 1 is 1.30 bits per heavy atom. The van der Waals surface area contributed by atoms with Crippen LogP contribution in [-0.2, 0) is 16.4 Å². The van der Waals surface area contributed by atoms with E-state index in [1.54, 1.807) is 4.31 Å². The van der Waals surface area contributed by atoms with Gasteiger partial charge in [-0.1, -0.05) is 6.92 Å². The molecule has 5 nitrogen and oxygen atoms in total. The predicted molar refractivity (Wildman–Crippen MR) is 75.5 cm³/mol. The lowest BCUT2D eigenvalue weighted by Crippen LogP contribution is -2.40. The second-order valence-corrected chi connectivity index (χ2v) is 7.30. The lowest BCUT2D eigenvalue weighted by atomic mass is 9.94. The van der Waals surface area contributed by atoms with Gasteiger partial charge in [0.2, 0.25) is 16.8 Å². The van der Waals surface area contributed by atoms with Gasteiger partial charge in [-0.3, -0.25) is 0 Å². The maximum atomic E-state index is 12.3. The Morgan fingerprint density at radius 3 is 2.70 bits per heavy atom. The molecule has 0 saturated heterocycles. The molecule has 0 saturated carbocycles. The Labute approximate surface area is 119 Å². The largest absolute Gasteiger partial charge is 0.454 e. The van der Waals surface area contributed by atoms with Crippen molar-refractivity contribution in [3.63, 3.8) is 0 Å². The SMILES string of the molecule is CCCS(=O)(=O)N1CCc2cc3c(cc2C1C)OCO3. The summed E-state index contributed by atoms with van der Waals surface area (Å²) in [7, 11) is -3.18. The van der Waals surface area contributed by atoms with Crippen molar-refractivity contribution in [2.45, 2.75) is 32.7 Å². The monoisotopic (exact) mass is 297 g/mol. The molecular formula is C14H19NO4S. The Balaban J connectivity index is 1.97. The van der Waals surface area contributed by atoms with Crippen LogP contribution in [0.2, 0.25) is 0 Å². The van der Waals surface area contributed by atoms with Gasteiger partial charge in [-0.15, -0.1) is 0 Å². The van der Waals surface area contributed by atoms with E-state index in [2.05, 4.69) is 0 Å². The average Bonchev–Trinajstić information content (AvgIpc) is 2.84. The van der Waals surface area contributed by atoms with Crippen LogP contribution in [0.4, 0.5) is 0 Å². The van der Waals surface area contributed by atoms with Crippen molar-refractivity contribution in [1.82, 2.24) is 4.31 Å². The van der Waals surface area contributed by atoms with Crippen LogP contribution >= 0.6 is 0 Å². The van der Waals surface area contributed by atoms with E-state index in [1.807, 2.05) is 26.0 Å². The fraction of sp³-hybridized carbons (Fsp3) is 0.571. The molecule has 110 valence electrons. The number of ether oxygens (including phenoxy) is 2. The normalized spacial score (nSPS) is 21.8. The zero-order valence-electron chi connectivity index (χ0n) is 11.8. The van der Waals surface area contributed by atoms with E-state index in [0.29, 0.717) is 18.7 Å². The second kappa shape index (κ2) is 4.93. The summed E-state index contributed by atoms with van der Waals surface area (Å²) < 4.78 is 37.0. The summed E-state index contributed by atoms with van der Waals surface area (Å²) in [4.78, 5) is 0. The summed E-state index contributed by atoms with van der Waals surface area (Å²) in [6.45, 7) is 4.60. The van der Waals surface area contributed by atoms with E-state index in [1.165, 1.54) is 0 Å². The van der Waals surface area contributed by atoms with Crippen molar-refractivity contribution in [1.29, 1.82) is 0 Å². The van der Waals surface area contributed by atoms with E-state index in [9.17, 15) is 8.42 Å². The molecule has 2 aliphatic heterocycles. The standard InChI is InChI=1S/C14H19NO4S/c1-3-6-20(16,17)15-5-4-11-7-13-14(19-9-18-13)8-12(11)10(15)2/h7-8,10H,3-6,9H2,1-2H3. The summed E-state index contributed by atoms with van der Waals surface area (Å²) in [5.41, 5.74) is 2.19. The molecule has 0 bridgehead atoms. The minimum absolute atomic E-state index is 0.148. The molecule has 20 heavy (non-hydrogen) atoms. The molecule has 1 aromatic rings. The van der Waals surface area contributed by atoms with Gasteiger partial charge >= 0.3 is 0 Å². The van der Waals surface area contributed by atoms with Crippen molar-refractivity contribution in [3.8, 4) is 11.5 Å². The highest BCUT2D eigenvalue weighted by atomic mass is 32.2. The van der Waals surface area contributed by atoms with Crippen LogP contribution < -0.4 is 9.47 Å². The van der Waals surface area contributed by atoms with Crippen LogP contribution in [0.15, 0.2) is 12.1 Å². The van der Waals surface area contributed by atoms with Crippen molar-refractivity contribution in [2.24, 2.45) is 0 Å². The molecule has 3 rings (SSSR count). The zero-order valence-corrected chi connectivity index (χ0v) is 12.6. The van der Waals surface area contributed by atoms with Crippen molar-refractivity contribution in [2.75, 3.05) is 19.1 Å². The maximum absolute atomic E-state index is 12.3. The molecule has 1 aromatic carbocycles. The first kappa shape index (κ1) is 13.7. The zero-order chi connectivity index (χ0) is 14.3. The lowest BCUT2D eigenvalue weighted by Gasteiger charge is -2.34. The number of hydrogen-bond donors (Lipinski definition) is 0. The number of nitrogens with zero attached hydrogens (tertiary/aromatic N) is 1. The first-order valence-electron chi connectivity index (χ1n) is 6.95. The molecule has 0 spiro atoms. The van der Waals surface area contributed by atoms with Gasteiger partial charge in [0.1, 0.15) is 0 Å². The fourth-order valence-electron chi connectivity index (χ4n) is 2.94. The van der Waals surface area contributed by atoms with E-state index >= 15 is 0 Å². The Morgan fingerprint density at radius 2 is 2.00 bits per heavy atom. The predicted octanol–water partition coefficient (Wildman–Crippen LogP) is 2.07. The van der Waals surface area contributed by atoms with Gasteiger partial charge in [-0.2, -0.15) is 4.31 Å². The number of rotatable bonds is 3. The van der Waals surface area contributed by atoms with E-state index in [-0.39, 0.29) is 18.6 Å². The molecular weight excluding hydrogens is 278 g/mol. The molecule has 0 amide bonds. The van der Waals surface area contributed by atoms with Gasteiger partial charge < -0.3 is 9.47 Å². The third kappa shape index (κ3) is 2.16. The van der Waals surface area contributed by atoms with Gasteiger partial charge in [0, 0.05) is 12.6 Å². The molecule has 6 heteroatoms. The molecule has 1 unspecified atom stereocenters. The molecule has 1 atom stereocenters. The maximum Gasteiger partial charge on any atom is 0.231 e. The smallest absolute Gasteiger partial charge is 0.231 e. The topological polar surface area (TPSA) is 55.8 Å². The Bertz CT molecular complexity index is 626. The van der Waals surface area contributed by atoms with Crippen molar-refractivity contribution >= 4 is 10.0 Å². The molecule has 0 aliphatic carbocycles. The van der Waals surface area contributed by atoms with E-state index in [0.717, 1.165) is 23.3 Å². The van der Waals surface area contributed by atoms with E-state index in [4.69, 9.17) is 9.47 Å². The number of sulfonamides is 1. The lowest BCUT2D eigenvalue weighted by molar-refractivity contribution is 0.174. The highest BCUT2D eigenvalue weighted by Gasteiger charge is 2.33. The molecule has 0 aromatic heterocycles. The molecule has 2 heterocycles. The first-order chi connectivity index (χ1) is 9.53. The summed E-state index contributed by atoms with van der Waals surface area (Å²) in [5, 5.41) is 0. The first-order valence-corrected chi connectivity index (χ1v) is 8.56. The van der Waals surface area contributed by atoms with Crippen LogP contribution in [0.25, 0.3) is 0 Å². The second-order valence-electron chi connectivity index (χ2n) is 5.26. The molecule has 2 aliphatic rings. The minimum Gasteiger partial charge on any atom is -0.454 e. The van der Waals surface area contributed by atoms with Crippen molar-refractivity contribution in [3.05, 3.63) is 23.3 Å². The summed E-state index contributed by atoms with van der Waals surface area (Å²) >= 11 is 0. The van der Waals surface area contributed by atoms with Crippen LogP contribution in [0, 0.1) is 0 Å². The third-order valence-corrected chi connectivity index (χ3v) is 6.07. The summed E-state index contributed by atoms with van der Waals surface area (Å²) in [5.74, 6) is 1.68. The summed E-state index contributed by atoms with van der Waals surface area (Å²) in [6.07, 6.45) is 1.36. The fourth-order valence-corrected chi connectivity index (χ4v) is 4.66. The van der Waals surface area contributed by atoms with Gasteiger partial charge in [0.05, 0.1) is 5.75 Å². The van der Waals surface area contributed by atoms with Crippen LogP contribution in [-0.4, -0.2) is 31.8 Å². The van der Waals surface area contributed by atoms with Crippen LogP contribution in [0.3, 0.4) is 0 Å². The number of benzene rings is 1. The number of hydrogen-bond acceptors (Lipinski definition) is 4. The summed E-state index contributed by atoms with van der Waals surface area (Å²) in [6, 6.07) is 3.76. The molecule has 0 N–H and O–H groups in total. The van der Waals surface area contributed by atoms with E-state index < -0.39 is 10.0 Å². The van der Waals surface area contributed by atoms with Crippen molar-refractivity contribution < 1.29 is 17.9 Å². The van der Waals surface area contributed by atoms with Crippen LogP contribution in [0.5, 0.6) is 11.5 Å². The quantitative estimate of drug-likeness (QED) is 0.857. The highest BCUT2D eigenvalue weighted by Crippen LogP contribution is 2.41. The van der Waals surface area contributed by atoms with Gasteiger partial charge in [-0.25, -0.2) is 8.42 Å². The Hall–Kier alpha value is -1.27. The van der Waals surface area contributed by atoms with Gasteiger partial charge in [-0.05, 0) is 43.0 Å². The van der Waals surface area contributed by atoms with Crippen LogP contribution in [0.1, 0.15) is 37.4 Å². The Kier molecular flexibility index (Phi) is 3.38. The minimum atomic E-state index is -3.18. The highest BCUT2D eigenvalue weighted by molar-refractivity contribution is 7.89. The van der Waals surface area contributed by atoms with Gasteiger partial charge in [0.15, 0.2) is 11.5 Å². The van der Waals surface area contributed by atoms with Gasteiger partial charge in [0.25, 0.3) is 0 Å². The average molecular weight is 297 g/mol. The molecule has 0 radical (unpaired) electrons. The molecule has 0 fully saturated rings.